The van der Waals surface area contributed by atoms with E-state index in [2.05, 4.69) is 0 Å². The van der Waals surface area contributed by atoms with E-state index in [-0.39, 0.29) is 11.5 Å². The minimum absolute atomic E-state index is 0.107. The minimum atomic E-state index is 0.107. The van der Waals surface area contributed by atoms with Crippen LogP contribution >= 0.6 is 0 Å². The number of rotatable bonds is 2. The average molecular weight is 210 g/mol. The summed E-state index contributed by atoms with van der Waals surface area (Å²) >= 11 is 0. The van der Waals surface area contributed by atoms with Crippen molar-refractivity contribution < 1.29 is 0 Å². The van der Waals surface area contributed by atoms with Gasteiger partial charge in [0.25, 0.3) is 0 Å². The summed E-state index contributed by atoms with van der Waals surface area (Å²) in [4.78, 5) is 0. The Hall–Kier alpha value is -2.06. The molecule has 80 valence electrons. The molecule has 0 amide bonds. The van der Waals surface area contributed by atoms with E-state index in [1.807, 2.05) is 57.2 Å². The van der Waals surface area contributed by atoms with Gasteiger partial charge in [-0.05, 0) is 30.5 Å². The van der Waals surface area contributed by atoms with Crippen molar-refractivity contribution in [2.24, 2.45) is 0 Å². The largest absolute Gasteiger partial charge is 0.192 e. The molecule has 2 heteroatoms. The Bertz CT molecular complexity index is 482. The molecule has 0 spiro atoms. The maximum Gasteiger partial charge on any atom is 0.129 e. The lowest BCUT2D eigenvalue weighted by Gasteiger charge is -2.15. The van der Waals surface area contributed by atoms with Crippen LogP contribution in [0.25, 0.3) is 0 Å². The molecule has 0 aliphatic rings. The molecule has 0 heterocycles. The predicted octanol–water partition coefficient (Wildman–Crippen LogP) is 3.46. The van der Waals surface area contributed by atoms with Crippen molar-refractivity contribution in [3.63, 3.8) is 0 Å². The summed E-state index contributed by atoms with van der Waals surface area (Å²) in [6.07, 6.45) is 0. The van der Waals surface area contributed by atoms with Gasteiger partial charge in [0.1, 0.15) is 17.7 Å². The minimum Gasteiger partial charge on any atom is -0.192 e. The molecule has 1 atom stereocenters. The van der Waals surface area contributed by atoms with Gasteiger partial charge in [0.05, 0.1) is 0 Å². The smallest absolute Gasteiger partial charge is 0.129 e. The van der Waals surface area contributed by atoms with E-state index in [9.17, 15) is 0 Å². The highest BCUT2D eigenvalue weighted by Gasteiger charge is 2.13. The summed E-state index contributed by atoms with van der Waals surface area (Å²) in [5, 5.41) is 17.7. The molecule has 0 radical (unpaired) electrons. The fourth-order valence-electron chi connectivity index (χ4n) is 1.72. The standard InChI is InChI=1S/C14H14N2/c1-10-6-4-5-7-14(10)12(3)11(2)13(8-15)9-16/h4-7,12H,1-3H3. The number of aryl methyl sites for hydroxylation is 1. The first kappa shape index (κ1) is 12.0. The molecule has 1 rings (SSSR count). The summed E-state index contributed by atoms with van der Waals surface area (Å²) < 4.78 is 0. The van der Waals surface area contributed by atoms with Crippen LogP contribution in [-0.2, 0) is 0 Å². The van der Waals surface area contributed by atoms with Gasteiger partial charge in [0.15, 0.2) is 0 Å². The van der Waals surface area contributed by atoms with Gasteiger partial charge in [-0.3, -0.25) is 0 Å². The summed E-state index contributed by atoms with van der Waals surface area (Å²) in [7, 11) is 0. The lowest BCUT2D eigenvalue weighted by molar-refractivity contribution is 0.877. The molecular weight excluding hydrogens is 196 g/mol. The Morgan fingerprint density at radius 2 is 1.75 bits per heavy atom. The van der Waals surface area contributed by atoms with Crippen LogP contribution in [0.1, 0.15) is 30.9 Å². The van der Waals surface area contributed by atoms with E-state index < -0.39 is 0 Å². The van der Waals surface area contributed by atoms with Gasteiger partial charge in [-0.15, -0.1) is 0 Å². The number of hydrogen-bond acceptors (Lipinski definition) is 2. The molecule has 0 saturated carbocycles. The van der Waals surface area contributed by atoms with Crippen LogP contribution in [0.2, 0.25) is 0 Å². The van der Waals surface area contributed by atoms with Crippen LogP contribution in [0.4, 0.5) is 0 Å². The van der Waals surface area contributed by atoms with Gasteiger partial charge in [0.2, 0.25) is 0 Å². The maximum absolute atomic E-state index is 8.83. The number of nitrogens with zero attached hydrogens (tertiary/aromatic N) is 2. The lowest BCUT2D eigenvalue weighted by atomic mass is 9.88. The quantitative estimate of drug-likeness (QED) is 0.702. The Morgan fingerprint density at radius 1 is 1.19 bits per heavy atom. The predicted molar refractivity (Wildman–Crippen MR) is 63.5 cm³/mol. The molecule has 0 aromatic heterocycles. The van der Waals surface area contributed by atoms with Crippen LogP contribution in [0, 0.1) is 29.6 Å². The van der Waals surface area contributed by atoms with E-state index in [0.29, 0.717) is 0 Å². The molecular formula is C14H14N2. The van der Waals surface area contributed by atoms with Crippen molar-refractivity contribution >= 4 is 0 Å². The van der Waals surface area contributed by atoms with Crippen molar-refractivity contribution in [3.8, 4) is 12.1 Å². The SMILES string of the molecule is CC(=C(C#N)C#N)C(C)c1ccccc1C. The second-order valence-corrected chi connectivity index (χ2v) is 3.86. The third-order valence-electron chi connectivity index (χ3n) is 2.92. The summed E-state index contributed by atoms with van der Waals surface area (Å²) in [5.41, 5.74) is 3.41. The van der Waals surface area contributed by atoms with Crippen molar-refractivity contribution in [1.82, 2.24) is 0 Å². The van der Waals surface area contributed by atoms with Gasteiger partial charge >= 0.3 is 0 Å². The molecule has 1 aromatic carbocycles. The molecule has 16 heavy (non-hydrogen) atoms. The highest BCUT2D eigenvalue weighted by molar-refractivity contribution is 5.45. The number of hydrogen-bond donors (Lipinski definition) is 0. The molecule has 1 aromatic rings. The zero-order valence-corrected chi connectivity index (χ0v) is 9.78. The van der Waals surface area contributed by atoms with E-state index in [1.54, 1.807) is 0 Å². The van der Waals surface area contributed by atoms with Crippen LogP contribution in [0.3, 0.4) is 0 Å². The van der Waals surface area contributed by atoms with Crippen LogP contribution in [0.15, 0.2) is 35.4 Å². The summed E-state index contributed by atoms with van der Waals surface area (Å²) in [6.45, 7) is 5.91. The topological polar surface area (TPSA) is 47.6 Å². The number of allylic oxidation sites excluding steroid dienone is 2. The Kier molecular flexibility index (Phi) is 3.86. The molecule has 0 aliphatic carbocycles. The van der Waals surface area contributed by atoms with Gasteiger partial charge in [0, 0.05) is 5.92 Å². The molecule has 1 unspecified atom stereocenters. The maximum atomic E-state index is 8.83. The van der Waals surface area contributed by atoms with E-state index in [4.69, 9.17) is 10.5 Å². The van der Waals surface area contributed by atoms with Gasteiger partial charge in [-0.1, -0.05) is 31.2 Å². The summed E-state index contributed by atoms with van der Waals surface area (Å²) in [6, 6.07) is 11.9. The highest BCUT2D eigenvalue weighted by atomic mass is 14.3. The molecule has 2 nitrogen and oxygen atoms in total. The molecule has 0 aliphatic heterocycles. The fourth-order valence-corrected chi connectivity index (χ4v) is 1.72. The third-order valence-corrected chi connectivity index (χ3v) is 2.92. The van der Waals surface area contributed by atoms with Crippen LogP contribution in [0.5, 0.6) is 0 Å². The van der Waals surface area contributed by atoms with Crippen LogP contribution < -0.4 is 0 Å². The first-order valence-electron chi connectivity index (χ1n) is 5.18. The fraction of sp³-hybridized carbons (Fsp3) is 0.286. The second kappa shape index (κ2) is 5.14. The zero-order chi connectivity index (χ0) is 12.1. The molecule has 0 N–H and O–H groups in total. The normalized spacial score (nSPS) is 11.1. The Balaban J connectivity index is 3.20. The van der Waals surface area contributed by atoms with Crippen molar-refractivity contribution in [1.29, 1.82) is 10.5 Å². The van der Waals surface area contributed by atoms with E-state index in [0.717, 1.165) is 5.57 Å². The Labute approximate surface area is 96.4 Å². The monoisotopic (exact) mass is 210 g/mol. The van der Waals surface area contributed by atoms with Gasteiger partial charge in [-0.2, -0.15) is 10.5 Å². The second-order valence-electron chi connectivity index (χ2n) is 3.86. The zero-order valence-electron chi connectivity index (χ0n) is 9.78. The van der Waals surface area contributed by atoms with Gasteiger partial charge < -0.3 is 0 Å². The number of nitriles is 2. The molecule has 0 fully saturated rings. The lowest BCUT2D eigenvalue weighted by Crippen LogP contribution is -2.00. The summed E-state index contributed by atoms with van der Waals surface area (Å²) in [5.74, 6) is 0.107. The average Bonchev–Trinajstić information content (AvgIpc) is 2.30. The third kappa shape index (κ3) is 2.30. The van der Waals surface area contributed by atoms with Gasteiger partial charge in [-0.25, -0.2) is 0 Å². The molecule has 0 bridgehead atoms. The molecule has 0 saturated heterocycles. The van der Waals surface area contributed by atoms with E-state index >= 15 is 0 Å². The van der Waals surface area contributed by atoms with Crippen molar-refractivity contribution in [2.45, 2.75) is 26.7 Å². The highest BCUT2D eigenvalue weighted by Crippen LogP contribution is 2.27. The number of benzene rings is 1. The van der Waals surface area contributed by atoms with Crippen LogP contribution in [-0.4, -0.2) is 0 Å². The first-order valence-corrected chi connectivity index (χ1v) is 5.18. The Morgan fingerprint density at radius 3 is 2.25 bits per heavy atom. The van der Waals surface area contributed by atoms with Crippen molar-refractivity contribution in [2.75, 3.05) is 0 Å². The van der Waals surface area contributed by atoms with Crippen molar-refractivity contribution in [3.05, 3.63) is 46.5 Å². The first-order chi connectivity index (χ1) is 7.61. The van der Waals surface area contributed by atoms with E-state index in [1.165, 1.54) is 11.1 Å².